The number of rotatable bonds is 6. The van der Waals surface area contributed by atoms with Crippen LogP contribution in [0.4, 0.5) is 0 Å². The van der Waals surface area contributed by atoms with Crippen molar-refractivity contribution in [1.29, 1.82) is 0 Å². The largest absolute Gasteiger partial charge is 0.457 e. The van der Waals surface area contributed by atoms with Gasteiger partial charge in [-0.05, 0) is 68.3 Å². The van der Waals surface area contributed by atoms with Crippen LogP contribution in [0.5, 0.6) is 11.5 Å². The van der Waals surface area contributed by atoms with E-state index in [1.54, 1.807) is 24.3 Å². The quantitative estimate of drug-likeness (QED) is 0.696. The molecule has 4 rings (SSSR count). The summed E-state index contributed by atoms with van der Waals surface area (Å²) in [6, 6.07) is 17.2. The molecule has 28 heavy (non-hydrogen) atoms. The Bertz CT molecular complexity index is 948. The van der Waals surface area contributed by atoms with Gasteiger partial charge in [-0.1, -0.05) is 17.3 Å². The standard InChI is InChI=1S/C22H23N3O3/c1-15-13-21(28-24-15)20-3-2-12-25(20)14-16-4-8-18(9-5-16)27-19-10-6-17(7-11-19)22(23)26/h4-11,13,20H,2-3,12,14H2,1H3,(H2,23,26). The Kier molecular flexibility index (Phi) is 5.12. The van der Waals surface area contributed by atoms with Crippen molar-refractivity contribution in [2.75, 3.05) is 6.54 Å². The molecule has 0 radical (unpaired) electrons. The third-order valence-corrected chi connectivity index (χ3v) is 5.02. The first kappa shape index (κ1) is 18.3. The number of aryl methyl sites for hydroxylation is 1. The number of likely N-dealkylation sites (tertiary alicyclic amines) is 1. The second-order valence-electron chi connectivity index (χ2n) is 7.13. The molecule has 1 fully saturated rings. The van der Waals surface area contributed by atoms with E-state index in [2.05, 4.69) is 22.2 Å². The Morgan fingerprint density at radius 2 is 1.86 bits per heavy atom. The van der Waals surface area contributed by atoms with Gasteiger partial charge in [-0.25, -0.2) is 0 Å². The molecule has 1 atom stereocenters. The molecule has 1 aromatic heterocycles. The second kappa shape index (κ2) is 7.86. The van der Waals surface area contributed by atoms with E-state index in [-0.39, 0.29) is 0 Å². The van der Waals surface area contributed by atoms with Crippen LogP contribution in [-0.2, 0) is 6.54 Å². The summed E-state index contributed by atoms with van der Waals surface area (Å²) in [6.45, 7) is 3.86. The van der Waals surface area contributed by atoms with Crippen molar-refractivity contribution < 1.29 is 14.1 Å². The Morgan fingerprint density at radius 1 is 1.18 bits per heavy atom. The van der Waals surface area contributed by atoms with Crippen LogP contribution in [0.1, 0.15) is 46.3 Å². The lowest BCUT2D eigenvalue weighted by molar-refractivity contribution is 0.100. The van der Waals surface area contributed by atoms with Gasteiger partial charge in [0.05, 0.1) is 11.7 Å². The predicted octanol–water partition coefficient (Wildman–Crippen LogP) is 4.21. The number of amides is 1. The molecule has 0 bridgehead atoms. The highest BCUT2D eigenvalue weighted by Gasteiger charge is 2.28. The van der Waals surface area contributed by atoms with E-state index in [1.807, 2.05) is 25.1 Å². The van der Waals surface area contributed by atoms with Gasteiger partial charge in [-0.2, -0.15) is 0 Å². The minimum absolute atomic E-state index is 0.292. The number of ether oxygens (including phenoxy) is 1. The van der Waals surface area contributed by atoms with Gasteiger partial charge in [0.15, 0.2) is 5.76 Å². The van der Waals surface area contributed by atoms with Gasteiger partial charge >= 0.3 is 0 Å². The Hall–Kier alpha value is -3.12. The molecule has 6 nitrogen and oxygen atoms in total. The van der Waals surface area contributed by atoms with Gasteiger partial charge in [0, 0.05) is 18.2 Å². The molecule has 2 heterocycles. The highest BCUT2D eigenvalue weighted by atomic mass is 16.5. The molecule has 0 spiro atoms. The Labute approximate surface area is 163 Å². The topological polar surface area (TPSA) is 81.6 Å². The molecular formula is C22H23N3O3. The fraction of sp³-hybridized carbons (Fsp3) is 0.273. The molecule has 144 valence electrons. The number of hydrogen-bond acceptors (Lipinski definition) is 5. The lowest BCUT2D eigenvalue weighted by Crippen LogP contribution is -2.22. The molecule has 1 aliphatic rings. The van der Waals surface area contributed by atoms with Crippen molar-refractivity contribution in [3.05, 3.63) is 77.2 Å². The minimum atomic E-state index is -0.448. The van der Waals surface area contributed by atoms with Crippen molar-refractivity contribution in [3.63, 3.8) is 0 Å². The second-order valence-corrected chi connectivity index (χ2v) is 7.13. The van der Waals surface area contributed by atoms with Gasteiger partial charge in [-0.3, -0.25) is 9.69 Å². The zero-order chi connectivity index (χ0) is 19.5. The molecule has 1 unspecified atom stereocenters. The molecule has 1 amide bonds. The third-order valence-electron chi connectivity index (χ3n) is 5.02. The highest BCUT2D eigenvalue weighted by molar-refractivity contribution is 5.92. The minimum Gasteiger partial charge on any atom is -0.457 e. The average Bonchev–Trinajstić information content (AvgIpc) is 3.32. The summed E-state index contributed by atoms with van der Waals surface area (Å²) in [5, 5.41) is 4.03. The van der Waals surface area contributed by atoms with Crippen LogP contribution in [0, 0.1) is 6.92 Å². The maximum Gasteiger partial charge on any atom is 0.248 e. The van der Waals surface area contributed by atoms with E-state index in [9.17, 15) is 4.79 Å². The fourth-order valence-electron chi connectivity index (χ4n) is 3.60. The summed E-state index contributed by atoms with van der Waals surface area (Å²) in [6.07, 6.45) is 2.25. The van der Waals surface area contributed by atoms with E-state index in [0.717, 1.165) is 43.1 Å². The van der Waals surface area contributed by atoms with Crippen molar-refractivity contribution >= 4 is 5.91 Å². The van der Waals surface area contributed by atoms with Gasteiger partial charge in [-0.15, -0.1) is 0 Å². The van der Waals surface area contributed by atoms with Gasteiger partial charge in [0.2, 0.25) is 5.91 Å². The number of nitrogens with two attached hydrogens (primary N) is 1. The zero-order valence-corrected chi connectivity index (χ0v) is 15.8. The van der Waals surface area contributed by atoms with Gasteiger partial charge < -0.3 is 15.0 Å². The van der Waals surface area contributed by atoms with E-state index in [4.69, 9.17) is 15.0 Å². The molecular weight excluding hydrogens is 354 g/mol. The fourth-order valence-corrected chi connectivity index (χ4v) is 3.60. The molecule has 6 heteroatoms. The van der Waals surface area contributed by atoms with Crippen molar-refractivity contribution in [3.8, 4) is 11.5 Å². The SMILES string of the molecule is Cc1cc(C2CCCN2Cc2ccc(Oc3ccc(C(N)=O)cc3)cc2)on1. The average molecular weight is 377 g/mol. The van der Waals surface area contributed by atoms with Crippen LogP contribution in [0.2, 0.25) is 0 Å². The summed E-state index contributed by atoms with van der Waals surface area (Å²) in [5.74, 6) is 1.92. The van der Waals surface area contributed by atoms with Crippen LogP contribution < -0.4 is 10.5 Å². The van der Waals surface area contributed by atoms with Crippen molar-refractivity contribution in [2.45, 2.75) is 32.4 Å². The highest BCUT2D eigenvalue weighted by Crippen LogP contribution is 2.33. The van der Waals surface area contributed by atoms with E-state index < -0.39 is 5.91 Å². The first-order valence-corrected chi connectivity index (χ1v) is 9.42. The van der Waals surface area contributed by atoms with Crippen LogP contribution in [-0.4, -0.2) is 22.5 Å². The molecule has 3 aromatic rings. The van der Waals surface area contributed by atoms with Gasteiger partial charge in [0.25, 0.3) is 0 Å². The molecule has 2 aromatic carbocycles. The Morgan fingerprint density at radius 3 is 2.46 bits per heavy atom. The number of carbonyl (C=O) groups excluding carboxylic acids is 1. The zero-order valence-electron chi connectivity index (χ0n) is 15.8. The van der Waals surface area contributed by atoms with Crippen molar-refractivity contribution in [1.82, 2.24) is 10.1 Å². The molecule has 1 saturated heterocycles. The monoisotopic (exact) mass is 377 g/mol. The summed E-state index contributed by atoms with van der Waals surface area (Å²) >= 11 is 0. The smallest absolute Gasteiger partial charge is 0.248 e. The number of primary amides is 1. The van der Waals surface area contributed by atoms with Crippen LogP contribution in [0.25, 0.3) is 0 Å². The van der Waals surface area contributed by atoms with E-state index in [1.165, 1.54) is 5.56 Å². The number of nitrogens with zero attached hydrogens (tertiary/aromatic N) is 2. The lowest BCUT2D eigenvalue weighted by atomic mass is 10.1. The number of aromatic nitrogens is 1. The lowest BCUT2D eigenvalue weighted by Gasteiger charge is -2.22. The first-order chi connectivity index (χ1) is 13.6. The summed E-state index contributed by atoms with van der Waals surface area (Å²) < 4.78 is 11.3. The molecule has 0 saturated carbocycles. The summed E-state index contributed by atoms with van der Waals surface area (Å²) in [7, 11) is 0. The maximum absolute atomic E-state index is 11.1. The number of hydrogen-bond donors (Lipinski definition) is 1. The summed E-state index contributed by atoms with van der Waals surface area (Å²) in [4.78, 5) is 13.6. The third kappa shape index (κ3) is 4.07. The first-order valence-electron chi connectivity index (χ1n) is 9.42. The Balaban J connectivity index is 1.39. The number of benzene rings is 2. The predicted molar refractivity (Wildman–Crippen MR) is 105 cm³/mol. The van der Waals surface area contributed by atoms with E-state index >= 15 is 0 Å². The van der Waals surface area contributed by atoms with E-state index in [0.29, 0.717) is 17.4 Å². The summed E-state index contributed by atoms with van der Waals surface area (Å²) in [5.41, 5.74) is 7.86. The number of carbonyl (C=O) groups is 1. The van der Waals surface area contributed by atoms with Crippen LogP contribution in [0.15, 0.2) is 59.1 Å². The molecule has 0 aliphatic carbocycles. The normalized spacial score (nSPS) is 17.0. The van der Waals surface area contributed by atoms with Crippen LogP contribution in [0.3, 0.4) is 0 Å². The van der Waals surface area contributed by atoms with Crippen LogP contribution >= 0.6 is 0 Å². The van der Waals surface area contributed by atoms with Gasteiger partial charge in [0.1, 0.15) is 11.5 Å². The van der Waals surface area contributed by atoms with Crippen molar-refractivity contribution in [2.24, 2.45) is 5.73 Å². The maximum atomic E-state index is 11.1. The molecule has 1 aliphatic heterocycles. The molecule has 2 N–H and O–H groups in total.